The van der Waals surface area contributed by atoms with Gasteiger partial charge in [-0.25, -0.2) is 4.79 Å². The summed E-state index contributed by atoms with van der Waals surface area (Å²) in [5.41, 5.74) is 2.59. The Morgan fingerprint density at radius 2 is 1.83 bits per heavy atom. The Morgan fingerprint density at radius 1 is 1.21 bits per heavy atom. The molecule has 4 atom stereocenters. The lowest BCUT2D eigenvalue weighted by molar-refractivity contribution is -0.148. The lowest BCUT2D eigenvalue weighted by atomic mass is 9.79. The molecular formula is C22H29NO5S. The minimum atomic E-state index is -0.921. The van der Waals surface area contributed by atoms with Crippen molar-refractivity contribution in [1.29, 1.82) is 0 Å². The number of aliphatic carboxylic acids is 1. The maximum Gasteiger partial charge on any atom is 0.341 e. The first kappa shape index (κ1) is 21.6. The molecule has 29 heavy (non-hydrogen) atoms. The number of rotatable bonds is 6. The number of carbonyl (C=O) groups is 3. The molecule has 6 nitrogen and oxygen atoms in total. The van der Waals surface area contributed by atoms with Crippen LogP contribution in [0.1, 0.15) is 68.6 Å². The Hall–Kier alpha value is -2.15. The van der Waals surface area contributed by atoms with Crippen LogP contribution >= 0.6 is 11.3 Å². The second-order valence-electron chi connectivity index (χ2n) is 8.39. The Morgan fingerprint density at radius 3 is 2.34 bits per heavy atom. The van der Waals surface area contributed by atoms with E-state index in [1.807, 2.05) is 27.7 Å². The topological polar surface area (TPSA) is 92.7 Å². The summed E-state index contributed by atoms with van der Waals surface area (Å²) in [7, 11) is 0. The Kier molecular flexibility index (Phi) is 6.17. The zero-order chi connectivity index (χ0) is 21.5. The molecule has 2 bridgehead atoms. The highest BCUT2D eigenvalue weighted by Crippen LogP contribution is 2.57. The van der Waals surface area contributed by atoms with Crippen LogP contribution in [0.25, 0.3) is 0 Å². The molecule has 1 aromatic rings. The van der Waals surface area contributed by atoms with Gasteiger partial charge in [0.2, 0.25) is 5.91 Å². The SMILES string of the molecule is CCOC(=O)c1cc(C(C)C)sc1NC(=O)[C@H]1[C@@H](C(=O)O)[C@@H]2CC[C@H]1C2=C(C)C. The molecule has 2 N–H and O–H groups in total. The number of carbonyl (C=O) groups excluding carboxylic acids is 2. The van der Waals surface area contributed by atoms with Crippen LogP contribution in [0.15, 0.2) is 17.2 Å². The fourth-order valence-corrected chi connectivity index (χ4v) is 6.00. The van der Waals surface area contributed by atoms with Gasteiger partial charge in [0.1, 0.15) is 5.00 Å². The van der Waals surface area contributed by atoms with Gasteiger partial charge in [0.15, 0.2) is 0 Å². The van der Waals surface area contributed by atoms with E-state index in [1.54, 1.807) is 13.0 Å². The number of fused-ring (bicyclic) bond motifs is 2. The molecule has 1 amide bonds. The van der Waals surface area contributed by atoms with E-state index in [9.17, 15) is 19.5 Å². The summed E-state index contributed by atoms with van der Waals surface area (Å²) in [4.78, 5) is 38.6. The van der Waals surface area contributed by atoms with Crippen molar-refractivity contribution in [1.82, 2.24) is 0 Å². The molecule has 0 aliphatic heterocycles. The lowest BCUT2D eigenvalue weighted by Gasteiger charge is -2.26. The molecule has 1 heterocycles. The van der Waals surface area contributed by atoms with E-state index in [1.165, 1.54) is 11.3 Å². The van der Waals surface area contributed by atoms with Crippen LogP contribution in [-0.2, 0) is 14.3 Å². The Labute approximate surface area is 175 Å². The van der Waals surface area contributed by atoms with Gasteiger partial charge in [0, 0.05) is 4.88 Å². The average molecular weight is 420 g/mol. The largest absolute Gasteiger partial charge is 0.481 e. The summed E-state index contributed by atoms with van der Waals surface area (Å²) in [6.07, 6.45) is 1.65. The molecule has 0 spiro atoms. The van der Waals surface area contributed by atoms with Crippen LogP contribution in [0.5, 0.6) is 0 Å². The summed E-state index contributed by atoms with van der Waals surface area (Å²) >= 11 is 1.35. The lowest BCUT2D eigenvalue weighted by Crippen LogP contribution is -2.37. The highest BCUT2D eigenvalue weighted by Gasteiger charge is 2.57. The van der Waals surface area contributed by atoms with E-state index < -0.39 is 23.8 Å². The number of carboxylic acids is 1. The average Bonchev–Trinajstić information content (AvgIpc) is 3.32. The third-order valence-corrected chi connectivity index (χ3v) is 7.41. The Bertz CT molecular complexity index is 865. The van der Waals surface area contributed by atoms with Crippen molar-refractivity contribution in [2.75, 3.05) is 11.9 Å². The number of nitrogens with one attached hydrogen (secondary N) is 1. The van der Waals surface area contributed by atoms with Crippen molar-refractivity contribution in [3.8, 4) is 0 Å². The van der Waals surface area contributed by atoms with E-state index in [4.69, 9.17) is 4.74 Å². The number of hydrogen-bond donors (Lipinski definition) is 2. The highest BCUT2D eigenvalue weighted by molar-refractivity contribution is 7.16. The first-order valence-corrected chi connectivity index (χ1v) is 11.0. The van der Waals surface area contributed by atoms with Crippen molar-refractivity contribution in [3.63, 3.8) is 0 Å². The van der Waals surface area contributed by atoms with Gasteiger partial charge in [-0.15, -0.1) is 11.3 Å². The van der Waals surface area contributed by atoms with Crippen molar-refractivity contribution in [2.24, 2.45) is 23.7 Å². The summed E-state index contributed by atoms with van der Waals surface area (Å²) in [6.45, 7) is 10.0. The molecule has 1 aromatic heterocycles. The van der Waals surface area contributed by atoms with E-state index in [2.05, 4.69) is 5.32 Å². The number of hydrogen-bond acceptors (Lipinski definition) is 5. The standard InChI is InChI=1S/C22H29NO5S/c1-6-28-22(27)14-9-15(10(2)3)29-20(14)23-19(24)17-12-7-8-13(16(12)11(4)5)18(17)21(25)26/h9-10,12-13,17-18H,6-8H2,1-5H3,(H,23,24)(H,25,26)/t12-,13+,17+,18-/m0/s1. The third-order valence-electron chi connectivity index (χ3n) is 6.06. The number of amides is 1. The van der Waals surface area contributed by atoms with Crippen LogP contribution in [-0.4, -0.2) is 29.6 Å². The molecule has 0 aromatic carbocycles. The summed E-state index contributed by atoms with van der Waals surface area (Å²) in [5, 5.41) is 13.2. The molecule has 7 heteroatoms. The molecule has 2 aliphatic carbocycles. The van der Waals surface area contributed by atoms with Gasteiger partial charge < -0.3 is 15.2 Å². The van der Waals surface area contributed by atoms with Gasteiger partial charge in [0.25, 0.3) is 0 Å². The normalized spacial score (nSPS) is 25.4. The number of allylic oxidation sites excluding steroid dienone is 2. The van der Waals surface area contributed by atoms with Gasteiger partial charge in [-0.05, 0) is 57.4 Å². The van der Waals surface area contributed by atoms with Crippen molar-refractivity contribution in [3.05, 3.63) is 27.7 Å². The van der Waals surface area contributed by atoms with Gasteiger partial charge >= 0.3 is 11.9 Å². The molecule has 2 aliphatic rings. The molecular weight excluding hydrogens is 390 g/mol. The summed E-state index contributed by atoms with van der Waals surface area (Å²) in [5.74, 6) is -2.95. The minimum absolute atomic E-state index is 0.0401. The maximum absolute atomic E-state index is 13.3. The zero-order valence-corrected chi connectivity index (χ0v) is 18.4. The molecule has 0 saturated heterocycles. The van der Waals surface area contributed by atoms with E-state index in [0.29, 0.717) is 10.6 Å². The Balaban J connectivity index is 1.93. The molecule has 3 rings (SSSR count). The number of carboxylic acid groups (broad SMARTS) is 1. The van der Waals surface area contributed by atoms with E-state index in [-0.39, 0.29) is 30.3 Å². The fraction of sp³-hybridized carbons (Fsp3) is 0.591. The first-order valence-electron chi connectivity index (χ1n) is 10.2. The van der Waals surface area contributed by atoms with Gasteiger partial charge in [0.05, 0.1) is 24.0 Å². The van der Waals surface area contributed by atoms with Crippen LogP contribution in [0.3, 0.4) is 0 Å². The van der Waals surface area contributed by atoms with Crippen molar-refractivity contribution >= 4 is 34.2 Å². The maximum atomic E-state index is 13.3. The number of anilines is 1. The molecule has 2 fully saturated rings. The smallest absolute Gasteiger partial charge is 0.341 e. The second-order valence-corrected chi connectivity index (χ2v) is 9.48. The van der Waals surface area contributed by atoms with Crippen molar-refractivity contribution in [2.45, 2.75) is 53.4 Å². The highest BCUT2D eigenvalue weighted by atomic mass is 32.1. The van der Waals surface area contributed by atoms with Gasteiger partial charge in [-0.2, -0.15) is 0 Å². The van der Waals surface area contributed by atoms with E-state index in [0.717, 1.165) is 28.9 Å². The molecule has 0 radical (unpaired) electrons. The van der Waals surface area contributed by atoms with Crippen LogP contribution in [0.2, 0.25) is 0 Å². The summed E-state index contributed by atoms with van der Waals surface area (Å²) < 4.78 is 5.14. The summed E-state index contributed by atoms with van der Waals surface area (Å²) in [6, 6.07) is 1.76. The van der Waals surface area contributed by atoms with Gasteiger partial charge in [-0.3, -0.25) is 9.59 Å². The van der Waals surface area contributed by atoms with Crippen LogP contribution < -0.4 is 5.32 Å². The molecule has 0 unspecified atom stereocenters. The third kappa shape index (κ3) is 3.84. The number of ether oxygens (including phenoxy) is 1. The van der Waals surface area contributed by atoms with Crippen LogP contribution in [0, 0.1) is 23.7 Å². The predicted octanol–water partition coefficient (Wildman–Crippen LogP) is 4.68. The second kappa shape index (κ2) is 8.30. The van der Waals surface area contributed by atoms with E-state index >= 15 is 0 Å². The number of thiophene rings is 1. The predicted molar refractivity (Wildman–Crippen MR) is 112 cm³/mol. The van der Waals surface area contributed by atoms with Gasteiger partial charge in [-0.1, -0.05) is 25.0 Å². The first-order chi connectivity index (χ1) is 13.7. The fourth-order valence-electron chi connectivity index (χ4n) is 4.95. The number of esters is 1. The molecule has 2 saturated carbocycles. The monoisotopic (exact) mass is 419 g/mol. The zero-order valence-electron chi connectivity index (χ0n) is 17.6. The quantitative estimate of drug-likeness (QED) is 0.516. The van der Waals surface area contributed by atoms with Crippen molar-refractivity contribution < 1.29 is 24.2 Å². The minimum Gasteiger partial charge on any atom is -0.481 e. The van der Waals surface area contributed by atoms with Crippen LogP contribution in [0.4, 0.5) is 5.00 Å². The molecule has 158 valence electrons.